The summed E-state index contributed by atoms with van der Waals surface area (Å²) in [7, 11) is 1.54. The molecule has 9 heteroatoms. The van der Waals surface area contributed by atoms with Crippen LogP contribution in [0.1, 0.15) is 12.5 Å². The Morgan fingerprint density at radius 2 is 2.12 bits per heavy atom. The minimum Gasteiger partial charge on any atom is -0.298 e. The lowest BCUT2D eigenvalue weighted by Crippen LogP contribution is -2.29. The molecule has 0 bridgehead atoms. The predicted octanol–water partition coefficient (Wildman–Crippen LogP) is 1.54. The second kappa shape index (κ2) is 6.32. The van der Waals surface area contributed by atoms with E-state index < -0.39 is 11.2 Å². The van der Waals surface area contributed by atoms with Gasteiger partial charge in [-0.05, 0) is 18.6 Å². The van der Waals surface area contributed by atoms with E-state index in [0.29, 0.717) is 17.5 Å². The van der Waals surface area contributed by atoms with Gasteiger partial charge in [0.2, 0.25) is 5.95 Å². The lowest BCUT2D eigenvalue weighted by molar-refractivity contribution is 0.808. The highest BCUT2D eigenvalue weighted by Gasteiger charge is 2.18. The van der Waals surface area contributed by atoms with Crippen molar-refractivity contribution in [3.05, 3.63) is 55.7 Å². The van der Waals surface area contributed by atoms with Crippen molar-refractivity contribution in [3.8, 4) is 0 Å². The summed E-state index contributed by atoms with van der Waals surface area (Å²) in [6, 6.07) is 7.32. The summed E-state index contributed by atoms with van der Waals surface area (Å²) in [5, 5.41) is 4.53. The van der Waals surface area contributed by atoms with Gasteiger partial charge in [-0.15, -0.1) is 0 Å². The van der Waals surface area contributed by atoms with Gasteiger partial charge in [-0.25, -0.2) is 10.2 Å². The van der Waals surface area contributed by atoms with Crippen LogP contribution in [0.15, 0.2) is 39.0 Å². The van der Waals surface area contributed by atoms with E-state index >= 15 is 0 Å². The molecular formula is C15H15ClN6O2. The van der Waals surface area contributed by atoms with E-state index in [2.05, 4.69) is 20.5 Å². The van der Waals surface area contributed by atoms with E-state index in [0.717, 1.165) is 5.56 Å². The van der Waals surface area contributed by atoms with Crippen molar-refractivity contribution in [2.75, 3.05) is 5.43 Å². The fraction of sp³-hybridized carbons (Fsp3) is 0.200. The van der Waals surface area contributed by atoms with E-state index in [-0.39, 0.29) is 11.2 Å². The molecule has 0 spiro atoms. The average Bonchev–Trinajstić information content (AvgIpc) is 2.92. The van der Waals surface area contributed by atoms with E-state index in [4.69, 9.17) is 11.6 Å². The first kappa shape index (κ1) is 16.0. The second-order valence-corrected chi connectivity index (χ2v) is 5.51. The molecule has 3 aromatic rings. The number of anilines is 1. The van der Waals surface area contributed by atoms with Gasteiger partial charge in [0.1, 0.15) is 0 Å². The fourth-order valence-electron chi connectivity index (χ4n) is 2.39. The summed E-state index contributed by atoms with van der Waals surface area (Å²) in [6.45, 7) is 2.05. The standard InChI is InChI=1S/C15H15ClN6O2/c1-3-17-20-14-18-12-11(13(23)19-15(24)21(12)2)22(14)8-9-6-4-5-7-10(9)16/h3-7H,8H2,1-2H3,(H,18,20)(H,19,23,24)/b17-3-. The topological polar surface area (TPSA) is 97.1 Å². The minimum atomic E-state index is -0.527. The van der Waals surface area contributed by atoms with Crippen molar-refractivity contribution in [2.45, 2.75) is 13.5 Å². The number of H-pyrrole nitrogens is 1. The molecule has 2 heterocycles. The number of hydrogen-bond acceptors (Lipinski definition) is 5. The zero-order valence-electron chi connectivity index (χ0n) is 13.1. The van der Waals surface area contributed by atoms with Gasteiger partial charge >= 0.3 is 5.69 Å². The first-order valence-electron chi connectivity index (χ1n) is 7.19. The molecule has 2 N–H and O–H groups in total. The van der Waals surface area contributed by atoms with Crippen LogP contribution >= 0.6 is 11.6 Å². The maximum Gasteiger partial charge on any atom is 0.329 e. The summed E-state index contributed by atoms with van der Waals surface area (Å²) in [6.07, 6.45) is 1.56. The Balaban J connectivity index is 2.27. The number of imidazole rings is 1. The maximum absolute atomic E-state index is 12.3. The van der Waals surface area contributed by atoms with Gasteiger partial charge in [-0.3, -0.25) is 18.9 Å². The largest absolute Gasteiger partial charge is 0.329 e. The molecule has 0 amide bonds. The molecule has 0 aliphatic rings. The van der Waals surface area contributed by atoms with Crippen molar-refractivity contribution in [1.29, 1.82) is 0 Å². The number of aromatic amines is 1. The molecule has 0 saturated carbocycles. The van der Waals surface area contributed by atoms with Crippen LogP contribution in [-0.2, 0) is 13.6 Å². The molecule has 8 nitrogen and oxygen atoms in total. The predicted molar refractivity (Wildman–Crippen MR) is 93.9 cm³/mol. The molecule has 0 aliphatic heterocycles. The quantitative estimate of drug-likeness (QED) is 0.553. The number of aryl methyl sites for hydroxylation is 1. The lowest BCUT2D eigenvalue weighted by atomic mass is 10.2. The third-order valence-electron chi connectivity index (χ3n) is 3.59. The van der Waals surface area contributed by atoms with Gasteiger partial charge in [0.15, 0.2) is 11.2 Å². The van der Waals surface area contributed by atoms with E-state index in [1.54, 1.807) is 30.8 Å². The zero-order valence-corrected chi connectivity index (χ0v) is 13.8. The van der Waals surface area contributed by atoms with Crippen LogP contribution in [-0.4, -0.2) is 25.3 Å². The van der Waals surface area contributed by atoms with Crippen LogP contribution in [0, 0.1) is 0 Å². The molecule has 0 unspecified atom stereocenters. The number of hydrazone groups is 1. The van der Waals surface area contributed by atoms with Crippen LogP contribution in [0.3, 0.4) is 0 Å². The summed E-state index contributed by atoms with van der Waals surface area (Å²) < 4.78 is 2.92. The van der Waals surface area contributed by atoms with Crippen LogP contribution in [0.25, 0.3) is 11.2 Å². The Labute approximate surface area is 141 Å². The maximum atomic E-state index is 12.3. The van der Waals surface area contributed by atoms with Gasteiger partial charge in [0.25, 0.3) is 5.56 Å². The summed E-state index contributed by atoms with van der Waals surface area (Å²) in [4.78, 5) is 30.7. The number of aromatic nitrogens is 4. The SMILES string of the molecule is C/C=N\Nc1nc2c(c(=O)[nH]c(=O)n2C)n1Cc1ccccc1Cl. The molecule has 24 heavy (non-hydrogen) atoms. The van der Waals surface area contributed by atoms with Crippen LogP contribution in [0.2, 0.25) is 5.02 Å². The van der Waals surface area contributed by atoms with Gasteiger partial charge in [0, 0.05) is 18.3 Å². The van der Waals surface area contributed by atoms with Crippen molar-refractivity contribution < 1.29 is 0 Å². The summed E-state index contributed by atoms with van der Waals surface area (Å²) in [5.74, 6) is 0.342. The van der Waals surface area contributed by atoms with Crippen molar-refractivity contribution in [2.24, 2.45) is 12.1 Å². The van der Waals surface area contributed by atoms with E-state index in [1.807, 2.05) is 18.2 Å². The Kier molecular flexibility index (Phi) is 4.22. The first-order chi connectivity index (χ1) is 11.5. The average molecular weight is 347 g/mol. The zero-order chi connectivity index (χ0) is 17.3. The van der Waals surface area contributed by atoms with Crippen molar-refractivity contribution in [3.63, 3.8) is 0 Å². The molecule has 0 saturated heterocycles. The Hall–Kier alpha value is -2.87. The Bertz CT molecular complexity index is 1050. The number of rotatable bonds is 4. The van der Waals surface area contributed by atoms with E-state index in [1.165, 1.54) is 4.57 Å². The smallest absolute Gasteiger partial charge is 0.298 e. The molecule has 0 atom stereocenters. The molecule has 0 radical (unpaired) electrons. The summed E-state index contributed by atoms with van der Waals surface area (Å²) >= 11 is 6.22. The van der Waals surface area contributed by atoms with Gasteiger partial charge < -0.3 is 0 Å². The number of nitrogens with one attached hydrogen (secondary N) is 2. The second-order valence-electron chi connectivity index (χ2n) is 5.10. The number of benzene rings is 1. The molecule has 0 aliphatic carbocycles. The number of hydrogen-bond donors (Lipinski definition) is 2. The molecule has 3 rings (SSSR count). The number of halogens is 1. The van der Waals surface area contributed by atoms with Crippen LogP contribution in [0.5, 0.6) is 0 Å². The number of nitrogens with zero attached hydrogens (tertiary/aromatic N) is 4. The Morgan fingerprint density at radius 3 is 2.83 bits per heavy atom. The lowest BCUT2D eigenvalue weighted by Gasteiger charge is -2.09. The van der Waals surface area contributed by atoms with Crippen molar-refractivity contribution >= 4 is 34.9 Å². The molecule has 124 valence electrons. The monoisotopic (exact) mass is 346 g/mol. The minimum absolute atomic E-state index is 0.268. The van der Waals surface area contributed by atoms with E-state index in [9.17, 15) is 9.59 Å². The highest BCUT2D eigenvalue weighted by atomic mass is 35.5. The van der Waals surface area contributed by atoms with Crippen LogP contribution < -0.4 is 16.7 Å². The normalized spacial score (nSPS) is 11.5. The first-order valence-corrected chi connectivity index (χ1v) is 7.57. The molecular weight excluding hydrogens is 332 g/mol. The number of fused-ring (bicyclic) bond motifs is 1. The van der Waals surface area contributed by atoms with Crippen LogP contribution in [0.4, 0.5) is 5.95 Å². The fourth-order valence-corrected chi connectivity index (χ4v) is 2.59. The molecule has 0 fully saturated rings. The highest BCUT2D eigenvalue weighted by Crippen LogP contribution is 2.21. The van der Waals surface area contributed by atoms with Gasteiger partial charge in [-0.1, -0.05) is 29.8 Å². The summed E-state index contributed by atoms with van der Waals surface area (Å²) in [5.41, 5.74) is 3.09. The third kappa shape index (κ3) is 2.71. The highest BCUT2D eigenvalue weighted by molar-refractivity contribution is 6.31. The Morgan fingerprint density at radius 1 is 1.38 bits per heavy atom. The van der Waals surface area contributed by atoms with Gasteiger partial charge in [0.05, 0.1) is 6.54 Å². The van der Waals surface area contributed by atoms with Crippen molar-refractivity contribution in [1.82, 2.24) is 19.1 Å². The molecule has 2 aromatic heterocycles. The third-order valence-corrected chi connectivity index (χ3v) is 3.96. The molecule has 1 aromatic carbocycles. The van der Waals surface area contributed by atoms with Gasteiger partial charge in [-0.2, -0.15) is 10.1 Å².